The Morgan fingerprint density at radius 2 is 2.07 bits per heavy atom. The van der Waals surface area contributed by atoms with E-state index in [1.165, 1.54) is 19.3 Å². The van der Waals surface area contributed by atoms with Gasteiger partial charge in [0.25, 0.3) is 0 Å². The molecule has 3 heteroatoms. The normalized spacial score (nSPS) is 17.7. The number of halogens is 1. The first-order valence-corrected chi connectivity index (χ1v) is 6.23. The average molecular weight is 268 g/mol. The Labute approximate surface area is 98.2 Å². The number of ketones is 1. The molecule has 1 aromatic rings. The number of carbonyl (C=O) groups excluding carboxylic acids is 1. The maximum atomic E-state index is 12.1. The number of aromatic nitrogens is 1. The van der Waals surface area contributed by atoms with E-state index >= 15 is 0 Å². The van der Waals surface area contributed by atoms with Gasteiger partial charge in [0.15, 0.2) is 5.78 Å². The van der Waals surface area contributed by atoms with E-state index in [1.807, 2.05) is 12.1 Å². The van der Waals surface area contributed by atoms with E-state index < -0.39 is 0 Å². The van der Waals surface area contributed by atoms with Gasteiger partial charge in [-0.2, -0.15) is 0 Å². The zero-order valence-corrected chi connectivity index (χ0v) is 10.2. The summed E-state index contributed by atoms with van der Waals surface area (Å²) >= 11 is 3.38. The van der Waals surface area contributed by atoms with Crippen LogP contribution in [0.25, 0.3) is 0 Å². The molecule has 1 aliphatic carbocycles. The van der Waals surface area contributed by atoms with Gasteiger partial charge in [-0.3, -0.25) is 9.78 Å². The molecule has 0 radical (unpaired) electrons. The molecule has 2 rings (SSSR count). The first kappa shape index (κ1) is 10.8. The van der Waals surface area contributed by atoms with E-state index in [0.29, 0.717) is 5.69 Å². The molecule has 0 N–H and O–H groups in total. The van der Waals surface area contributed by atoms with Crippen molar-refractivity contribution >= 4 is 21.7 Å². The number of pyridine rings is 1. The van der Waals surface area contributed by atoms with Gasteiger partial charge in [0.1, 0.15) is 5.69 Å². The molecule has 0 bridgehead atoms. The highest BCUT2D eigenvalue weighted by Crippen LogP contribution is 2.28. The van der Waals surface area contributed by atoms with Crippen LogP contribution in [0.2, 0.25) is 0 Å². The molecule has 0 atom stereocenters. The first-order chi connectivity index (χ1) is 7.29. The van der Waals surface area contributed by atoms with Gasteiger partial charge in [-0.15, -0.1) is 0 Å². The van der Waals surface area contributed by atoms with Crippen LogP contribution in [0.15, 0.2) is 22.8 Å². The van der Waals surface area contributed by atoms with Gasteiger partial charge in [0.2, 0.25) is 0 Å². The van der Waals surface area contributed by atoms with Crippen LogP contribution in [0, 0.1) is 5.92 Å². The monoisotopic (exact) mass is 267 g/mol. The minimum Gasteiger partial charge on any atom is -0.292 e. The van der Waals surface area contributed by atoms with Crippen molar-refractivity contribution < 1.29 is 4.79 Å². The number of Topliss-reactive ketones (excluding diaryl/α,β-unsaturated/α-hetero) is 1. The second-order valence-corrected chi connectivity index (χ2v) is 4.89. The van der Waals surface area contributed by atoms with Crippen LogP contribution in [-0.2, 0) is 0 Å². The summed E-state index contributed by atoms with van der Waals surface area (Å²) in [6.07, 6.45) is 7.37. The van der Waals surface area contributed by atoms with Gasteiger partial charge in [0.05, 0.1) is 0 Å². The fourth-order valence-corrected chi connectivity index (χ4v) is 2.58. The maximum Gasteiger partial charge on any atom is 0.185 e. The van der Waals surface area contributed by atoms with Gasteiger partial charge in [-0.1, -0.05) is 19.3 Å². The summed E-state index contributed by atoms with van der Waals surface area (Å²) in [4.78, 5) is 16.3. The van der Waals surface area contributed by atoms with E-state index in [9.17, 15) is 4.79 Å². The summed E-state index contributed by atoms with van der Waals surface area (Å²) in [5, 5.41) is 0. The topological polar surface area (TPSA) is 30.0 Å². The minimum atomic E-state index is 0.199. The van der Waals surface area contributed by atoms with Gasteiger partial charge in [-0.05, 0) is 40.9 Å². The summed E-state index contributed by atoms with van der Waals surface area (Å²) < 4.78 is 0.820. The fourth-order valence-electron chi connectivity index (χ4n) is 2.13. The predicted molar refractivity (Wildman–Crippen MR) is 62.8 cm³/mol. The van der Waals surface area contributed by atoms with Crippen LogP contribution in [0.4, 0.5) is 0 Å². The van der Waals surface area contributed by atoms with Gasteiger partial charge >= 0.3 is 0 Å². The molecule has 0 aromatic carbocycles. The second-order valence-electron chi connectivity index (χ2n) is 4.03. The van der Waals surface area contributed by atoms with Crippen LogP contribution < -0.4 is 0 Å². The molecule has 1 saturated carbocycles. The molecule has 1 fully saturated rings. The molecule has 0 spiro atoms. The van der Waals surface area contributed by atoms with E-state index in [0.717, 1.165) is 17.3 Å². The maximum absolute atomic E-state index is 12.1. The van der Waals surface area contributed by atoms with Crippen molar-refractivity contribution in [2.24, 2.45) is 5.92 Å². The van der Waals surface area contributed by atoms with Crippen LogP contribution >= 0.6 is 15.9 Å². The smallest absolute Gasteiger partial charge is 0.185 e. The summed E-state index contributed by atoms with van der Waals surface area (Å²) in [7, 11) is 0. The number of hydrogen-bond donors (Lipinski definition) is 0. The zero-order chi connectivity index (χ0) is 10.7. The third-order valence-electron chi connectivity index (χ3n) is 2.97. The van der Waals surface area contributed by atoms with Crippen LogP contribution in [0.3, 0.4) is 0 Å². The highest BCUT2D eigenvalue weighted by molar-refractivity contribution is 9.10. The molecule has 15 heavy (non-hydrogen) atoms. The lowest BCUT2D eigenvalue weighted by atomic mass is 9.85. The highest BCUT2D eigenvalue weighted by Gasteiger charge is 2.24. The van der Waals surface area contributed by atoms with Crippen molar-refractivity contribution in [3.8, 4) is 0 Å². The molecular weight excluding hydrogens is 254 g/mol. The van der Waals surface area contributed by atoms with Crippen LogP contribution in [-0.4, -0.2) is 10.8 Å². The van der Waals surface area contributed by atoms with E-state index in [-0.39, 0.29) is 11.7 Å². The number of nitrogens with zero attached hydrogens (tertiary/aromatic N) is 1. The standard InChI is InChI=1S/C12H14BrNO/c13-10-7-4-8-14-11(10)12(15)9-5-2-1-3-6-9/h4,7-9H,1-3,5-6H2. The molecule has 1 heterocycles. The first-order valence-electron chi connectivity index (χ1n) is 5.44. The molecule has 80 valence electrons. The molecule has 0 aliphatic heterocycles. The molecular formula is C12H14BrNO. The molecule has 1 aromatic heterocycles. The van der Waals surface area contributed by atoms with Crippen molar-refractivity contribution in [3.63, 3.8) is 0 Å². The van der Waals surface area contributed by atoms with Crippen molar-refractivity contribution in [1.82, 2.24) is 4.98 Å². The number of carbonyl (C=O) groups is 1. The predicted octanol–water partition coefficient (Wildman–Crippen LogP) is 3.61. The SMILES string of the molecule is O=C(c1ncccc1Br)C1CCCCC1. The Balaban J connectivity index is 2.16. The molecule has 0 amide bonds. The highest BCUT2D eigenvalue weighted by atomic mass is 79.9. The Kier molecular flexibility index (Phi) is 3.52. The molecule has 0 saturated heterocycles. The zero-order valence-electron chi connectivity index (χ0n) is 8.58. The number of rotatable bonds is 2. The Morgan fingerprint density at radius 1 is 1.33 bits per heavy atom. The lowest BCUT2D eigenvalue weighted by molar-refractivity contribution is 0.0883. The van der Waals surface area contributed by atoms with E-state index in [2.05, 4.69) is 20.9 Å². The van der Waals surface area contributed by atoms with Crippen LogP contribution in [0.5, 0.6) is 0 Å². The number of hydrogen-bond acceptors (Lipinski definition) is 2. The Bertz CT molecular complexity index is 358. The molecule has 1 aliphatic rings. The van der Waals surface area contributed by atoms with Crippen molar-refractivity contribution in [2.75, 3.05) is 0 Å². The summed E-state index contributed by atoms with van der Waals surface area (Å²) in [5.41, 5.74) is 0.601. The molecule has 2 nitrogen and oxygen atoms in total. The van der Waals surface area contributed by atoms with Gasteiger partial charge in [0, 0.05) is 16.6 Å². The van der Waals surface area contributed by atoms with E-state index in [4.69, 9.17) is 0 Å². The largest absolute Gasteiger partial charge is 0.292 e. The quantitative estimate of drug-likeness (QED) is 0.767. The van der Waals surface area contributed by atoms with Gasteiger partial charge in [-0.25, -0.2) is 0 Å². The fraction of sp³-hybridized carbons (Fsp3) is 0.500. The van der Waals surface area contributed by atoms with E-state index in [1.54, 1.807) is 6.20 Å². The third-order valence-corrected chi connectivity index (χ3v) is 3.61. The van der Waals surface area contributed by atoms with Crippen molar-refractivity contribution in [1.29, 1.82) is 0 Å². The Hall–Kier alpha value is -0.700. The molecule has 0 unspecified atom stereocenters. The Morgan fingerprint density at radius 3 is 2.73 bits per heavy atom. The summed E-state index contributed by atoms with van der Waals surface area (Å²) in [6.45, 7) is 0. The average Bonchev–Trinajstić information content (AvgIpc) is 2.30. The minimum absolute atomic E-state index is 0.199. The van der Waals surface area contributed by atoms with Gasteiger partial charge < -0.3 is 0 Å². The van der Waals surface area contributed by atoms with Crippen LogP contribution in [0.1, 0.15) is 42.6 Å². The van der Waals surface area contributed by atoms with Crippen molar-refractivity contribution in [2.45, 2.75) is 32.1 Å². The summed E-state index contributed by atoms with van der Waals surface area (Å²) in [6, 6.07) is 3.71. The second kappa shape index (κ2) is 4.88. The third kappa shape index (κ3) is 2.46. The lowest BCUT2D eigenvalue weighted by Crippen LogP contribution is -2.19. The lowest BCUT2D eigenvalue weighted by Gasteiger charge is -2.20. The van der Waals surface area contributed by atoms with Crippen molar-refractivity contribution in [3.05, 3.63) is 28.5 Å². The summed E-state index contributed by atoms with van der Waals surface area (Å²) in [5.74, 6) is 0.409.